The largest absolute Gasteiger partial charge is 0.355 e. The summed E-state index contributed by atoms with van der Waals surface area (Å²) in [6.07, 6.45) is 1.61. The summed E-state index contributed by atoms with van der Waals surface area (Å²) in [7, 11) is 1.57. The molecule has 0 radical (unpaired) electrons. The summed E-state index contributed by atoms with van der Waals surface area (Å²) < 4.78 is 18.6. The zero-order chi connectivity index (χ0) is 20.5. The lowest BCUT2D eigenvalue weighted by atomic mass is 9.91. The number of fused-ring (bicyclic) bond motifs is 1. The lowest BCUT2D eigenvalue weighted by molar-refractivity contribution is 0.0704. The van der Waals surface area contributed by atoms with E-state index in [1.807, 2.05) is 0 Å². The Morgan fingerprint density at radius 1 is 1.28 bits per heavy atom. The zero-order valence-corrected chi connectivity index (χ0v) is 16.2. The highest BCUT2D eigenvalue weighted by atomic mass is 19.1. The van der Waals surface area contributed by atoms with E-state index < -0.39 is 0 Å². The third-order valence-electron chi connectivity index (χ3n) is 5.26. The van der Waals surface area contributed by atoms with Gasteiger partial charge in [-0.3, -0.25) is 9.59 Å². The molecule has 3 aromatic rings. The quantitative estimate of drug-likeness (QED) is 0.735. The summed E-state index contributed by atoms with van der Waals surface area (Å²) in [5.41, 5.74) is 2.53. The van der Waals surface area contributed by atoms with Crippen LogP contribution in [0.3, 0.4) is 0 Å². The Hall–Kier alpha value is -3.29. The van der Waals surface area contributed by atoms with E-state index in [1.54, 1.807) is 24.9 Å². The number of likely N-dealkylation sites (tertiary alicyclic amines) is 1. The number of piperidine rings is 1. The molecule has 1 unspecified atom stereocenters. The molecule has 8 heteroatoms. The van der Waals surface area contributed by atoms with E-state index in [-0.39, 0.29) is 23.5 Å². The van der Waals surface area contributed by atoms with Gasteiger partial charge in [0.05, 0.1) is 16.6 Å². The number of aromatic nitrogens is 2. The second-order valence-electron chi connectivity index (χ2n) is 7.24. The monoisotopic (exact) mass is 396 g/mol. The molecule has 3 heterocycles. The maximum absolute atomic E-state index is 13.2. The second kappa shape index (κ2) is 7.62. The van der Waals surface area contributed by atoms with Gasteiger partial charge in [-0.05, 0) is 50.1 Å². The Balaban J connectivity index is 1.66. The third-order valence-corrected chi connectivity index (χ3v) is 5.26. The molecule has 0 spiro atoms. The fraction of sp³-hybridized carbons (Fsp3) is 0.333. The average Bonchev–Trinajstić information content (AvgIpc) is 3.16. The number of pyridine rings is 1. The number of hydrogen-bond acceptors (Lipinski definition) is 5. The van der Waals surface area contributed by atoms with Gasteiger partial charge >= 0.3 is 0 Å². The van der Waals surface area contributed by atoms with Crippen molar-refractivity contribution < 1.29 is 18.5 Å². The summed E-state index contributed by atoms with van der Waals surface area (Å²) in [5.74, 6) is -0.845. The van der Waals surface area contributed by atoms with E-state index >= 15 is 0 Å². The predicted octanol–water partition coefficient (Wildman–Crippen LogP) is 3.05. The van der Waals surface area contributed by atoms with Crippen molar-refractivity contribution in [1.82, 2.24) is 20.4 Å². The topological polar surface area (TPSA) is 88.3 Å². The van der Waals surface area contributed by atoms with Gasteiger partial charge < -0.3 is 14.7 Å². The van der Waals surface area contributed by atoms with E-state index in [1.165, 1.54) is 24.3 Å². The van der Waals surface area contributed by atoms with E-state index in [0.717, 1.165) is 12.8 Å². The molecule has 1 saturated heterocycles. The van der Waals surface area contributed by atoms with Crippen LogP contribution in [0.2, 0.25) is 0 Å². The molecule has 29 heavy (non-hydrogen) atoms. The molecule has 2 aromatic heterocycles. The normalized spacial score (nSPS) is 16.8. The van der Waals surface area contributed by atoms with Crippen LogP contribution in [0.25, 0.3) is 11.1 Å². The first-order valence-corrected chi connectivity index (χ1v) is 9.51. The van der Waals surface area contributed by atoms with Crippen LogP contribution in [0, 0.1) is 12.7 Å². The van der Waals surface area contributed by atoms with Crippen LogP contribution in [0.4, 0.5) is 4.39 Å². The Bertz CT molecular complexity index is 1080. The maximum atomic E-state index is 13.2. The van der Waals surface area contributed by atoms with E-state index in [0.29, 0.717) is 46.7 Å². The molecule has 1 aliphatic rings. The minimum absolute atomic E-state index is 0.0812. The van der Waals surface area contributed by atoms with Crippen molar-refractivity contribution in [2.24, 2.45) is 0 Å². The van der Waals surface area contributed by atoms with Gasteiger partial charge in [-0.25, -0.2) is 9.37 Å². The van der Waals surface area contributed by atoms with Crippen LogP contribution in [-0.2, 0) is 0 Å². The number of carbonyl (C=O) groups is 2. The number of halogens is 1. The standard InChI is InChI=1S/C21H21FN4O3/c1-12-10-16(19(27)23-2)17-18(25-29-20(17)24-12)14-4-3-9-26(11-14)21(28)13-5-7-15(22)8-6-13/h5-8,10,14H,3-4,9,11H2,1-2H3,(H,23,27). The van der Waals surface area contributed by atoms with Gasteiger partial charge in [0.15, 0.2) is 0 Å². The number of nitrogens with zero attached hydrogens (tertiary/aromatic N) is 3. The molecule has 1 aromatic carbocycles. The Labute approximate surface area is 166 Å². The van der Waals surface area contributed by atoms with Crippen molar-refractivity contribution >= 4 is 22.9 Å². The summed E-state index contributed by atoms with van der Waals surface area (Å²) in [5, 5.41) is 7.45. The highest BCUT2D eigenvalue weighted by Gasteiger charge is 2.31. The van der Waals surface area contributed by atoms with Crippen molar-refractivity contribution in [3.05, 3.63) is 58.7 Å². The number of hydrogen-bond donors (Lipinski definition) is 1. The number of carbonyl (C=O) groups excluding carboxylic acids is 2. The molecular formula is C21H21FN4O3. The van der Waals surface area contributed by atoms with Gasteiger partial charge in [-0.15, -0.1) is 0 Å². The number of benzene rings is 1. The molecular weight excluding hydrogens is 375 g/mol. The van der Waals surface area contributed by atoms with E-state index in [2.05, 4.69) is 15.5 Å². The first-order valence-electron chi connectivity index (χ1n) is 9.51. The summed E-state index contributed by atoms with van der Waals surface area (Å²) in [6.45, 7) is 2.85. The van der Waals surface area contributed by atoms with Gasteiger partial charge in [-0.2, -0.15) is 0 Å². The highest BCUT2D eigenvalue weighted by Crippen LogP contribution is 2.33. The summed E-state index contributed by atoms with van der Waals surface area (Å²) in [4.78, 5) is 31.3. The number of amides is 2. The van der Waals surface area contributed by atoms with Crippen LogP contribution in [0.5, 0.6) is 0 Å². The first-order chi connectivity index (χ1) is 14.0. The summed E-state index contributed by atoms with van der Waals surface area (Å²) in [6, 6.07) is 7.26. The molecule has 150 valence electrons. The fourth-order valence-electron chi connectivity index (χ4n) is 3.85. The van der Waals surface area contributed by atoms with Crippen LogP contribution in [0.15, 0.2) is 34.9 Å². The van der Waals surface area contributed by atoms with Crippen LogP contribution < -0.4 is 5.32 Å². The van der Waals surface area contributed by atoms with Gasteiger partial charge in [0, 0.05) is 37.3 Å². The Morgan fingerprint density at radius 2 is 2.03 bits per heavy atom. The number of rotatable bonds is 3. The van der Waals surface area contributed by atoms with Crippen molar-refractivity contribution in [2.45, 2.75) is 25.7 Å². The second-order valence-corrected chi connectivity index (χ2v) is 7.24. The Kier molecular flexibility index (Phi) is 5.00. The molecule has 1 aliphatic heterocycles. The van der Waals surface area contributed by atoms with Crippen molar-refractivity contribution in [3.63, 3.8) is 0 Å². The van der Waals surface area contributed by atoms with E-state index in [9.17, 15) is 14.0 Å². The minimum atomic E-state index is -0.378. The van der Waals surface area contributed by atoms with Crippen molar-refractivity contribution in [3.8, 4) is 0 Å². The minimum Gasteiger partial charge on any atom is -0.355 e. The predicted molar refractivity (Wildman–Crippen MR) is 104 cm³/mol. The molecule has 1 fully saturated rings. The number of nitrogens with one attached hydrogen (secondary N) is 1. The third kappa shape index (κ3) is 3.57. The first kappa shape index (κ1) is 19.0. The molecule has 4 rings (SSSR count). The molecule has 0 aliphatic carbocycles. The number of aryl methyl sites for hydroxylation is 1. The highest BCUT2D eigenvalue weighted by molar-refractivity contribution is 6.06. The van der Waals surface area contributed by atoms with Gasteiger partial charge in [0.25, 0.3) is 17.5 Å². The van der Waals surface area contributed by atoms with Gasteiger partial charge in [-0.1, -0.05) is 5.16 Å². The Morgan fingerprint density at radius 3 is 2.76 bits per heavy atom. The van der Waals surface area contributed by atoms with Gasteiger partial charge in [0.2, 0.25) is 0 Å². The fourth-order valence-corrected chi connectivity index (χ4v) is 3.85. The van der Waals surface area contributed by atoms with Crippen LogP contribution in [-0.4, -0.2) is 47.0 Å². The van der Waals surface area contributed by atoms with Gasteiger partial charge in [0.1, 0.15) is 5.82 Å². The maximum Gasteiger partial charge on any atom is 0.259 e. The SMILES string of the molecule is CNC(=O)c1cc(C)nc2onc(C3CCCN(C(=O)c4ccc(F)cc4)C3)c12. The molecule has 1 atom stereocenters. The molecule has 0 bridgehead atoms. The van der Waals surface area contributed by atoms with Crippen molar-refractivity contribution in [2.75, 3.05) is 20.1 Å². The average molecular weight is 396 g/mol. The van der Waals surface area contributed by atoms with Crippen molar-refractivity contribution in [1.29, 1.82) is 0 Å². The molecule has 2 amide bonds. The van der Waals surface area contributed by atoms with Crippen LogP contribution in [0.1, 0.15) is 50.9 Å². The molecule has 7 nitrogen and oxygen atoms in total. The summed E-state index contributed by atoms with van der Waals surface area (Å²) >= 11 is 0. The molecule has 1 N–H and O–H groups in total. The lowest BCUT2D eigenvalue weighted by Crippen LogP contribution is -2.39. The lowest BCUT2D eigenvalue weighted by Gasteiger charge is -2.32. The molecule has 0 saturated carbocycles. The van der Waals surface area contributed by atoms with Crippen LogP contribution >= 0.6 is 0 Å². The zero-order valence-electron chi connectivity index (χ0n) is 16.2. The smallest absolute Gasteiger partial charge is 0.259 e. The van der Waals surface area contributed by atoms with E-state index in [4.69, 9.17) is 4.52 Å².